The van der Waals surface area contributed by atoms with Crippen molar-refractivity contribution in [1.29, 1.82) is 5.26 Å². The molecule has 0 amide bonds. The van der Waals surface area contributed by atoms with Crippen LogP contribution in [0.3, 0.4) is 0 Å². The Morgan fingerprint density at radius 2 is 2.00 bits per heavy atom. The van der Waals surface area contributed by atoms with E-state index in [1.807, 2.05) is 6.07 Å². The Hall–Kier alpha value is -2.32. The van der Waals surface area contributed by atoms with Crippen molar-refractivity contribution < 1.29 is 14.3 Å². The first kappa shape index (κ1) is 15.1. The number of carbonyl (C=O) groups is 1. The second-order valence-electron chi connectivity index (χ2n) is 4.24. The van der Waals surface area contributed by atoms with Gasteiger partial charge in [0.25, 0.3) is 0 Å². The molecule has 5 heteroatoms. The molecule has 4 nitrogen and oxygen atoms in total. The van der Waals surface area contributed by atoms with E-state index in [1.54, 1.807) is 30.3 Å². The van der Waals surface area contributed by atoms with E-state index in [-0.39, 0.29) is 0 Å². The number of ether oxygens (including phenoxy) is 2. The van der Waals surface area contributed by atoms with E-state index in [9.17, 15) is 4.79 Å². The number of hydrogen-bond acceptors (Lipinski definition) is 4. The molecule has 0 aliphatic heterocycles. The van der Waals surface area contributed by atoms with Crippen LogP contribution in [0.4, 0.5) is 0 Å². The molecule has 2 rings (SSSR count). The zero-order chi connectivity index (χ0) is 15.2. The second kappa shape index (κ2) is 6.91. The van der Waals surface area contributed by atoms with E-state index < -0.39 is 0 Å². The van der Waals surface area contributed by atoms with Gasteiger partial charge in [0.15, 0.2) is 0 Å². The van der Waals surface area contributed by atoms with E-state index in [0.717, 1.165) is 11.8 Å². The van der Waals surface area contributed by atoms with E-state index >= 15 is 0 Å². The number of carbonyl (C=O) groups excluding carboxylic acids is 1. The molecule has 0 aliphatic carbocycles. The zero-order valence-electron chi connectivity index (χ0n) is 11.3. The summed E-state index contributed by atoms with van der Waals surface area (Å²) in [6.45, 7) is 0.317. The molecule has 106 valence electrons. The van der Waals surface area contributed by atoms with Gasteiger partial charge in [-0.25, -0.2) is 0 Å². The number of halogens is 1. The molecule has 0 bridgehead atoms. The summed E-state index contributed by atoms with van der Waals surface area (Å²) in [7, 11) is 1.53. The Balaban J connectivity index is 2.13. The van der Waals surface area contributed by atoms with Crippen LogP contribution in [-0.2, 0) is 6.61 Å². The van der Waals surface area contributed by atoms with E-state index in [0.29, 0.717) is 33.7 Å². The first-order valence-corrected chi connectivity index (χ1v) is 6.91. The topological polar surface area (TPSA) is 59.3 Å². The Bertz CT molecular complexity index is 707. The maximum absolute atomic E-state index is 10.7. The fourth-order valence-corrected chi connectivity index (χ4v) is 2.31. The molecule has 0 saturated carbocycles. The lowest BCUT2D eigenvalue weighted by Gasteiger charge is -2.10. The number of hydrogen-bond donors (Lipinski definition) is 0. The summed E-state index contributed by atoms with van der Waals surface area (Å²) in [5, 5.41) is 9.05. The lowest BCUT2D eigenvalue weighted by Crippen LogP contribution is -1.98. The summed E-state index contributed by atoms with van der Waals surface area (Å²) >= 11 is 3.36. The third kappa shape index (κ3) is 3.61. The third-order valence-corrected chi connectivity index (χ3v) is 3.49. The van der Waals surface area contributed by atoms with Crippen LogP contribution in [-0.4, -0.2) is 13.4 Å². The molecule has 0 heterocycles. The van der Waals surface area contributed by atoms with Crippen molar-refractivity contribution >= 4 is 22.2 Å². The van der Waals surface area contributed by atoms with Gasteiger partial charge in [-0.05, 0) is 51.8 Å². The highest BCUT2D eigenvalue weighted by Crippen LogP contribution is 2.27. The van der Waals surface area contributed by atoms with Gasteiger partial charge in [0.05, 0.1) is 17.1 Å². The standard InChI is InChI=1S/C16H12BrNO3/c1-20-15-4-3-12(6-13(15)8-18)10-21-16-5-2-11(9-19)7-14(16)17/h2-7,9H,10H2,1H3. The molecule has 0 spiro atoms. The fraction of sp³-hybridized carbons (Fsp3) is 0.125. The van der Waals surface area contributed by atoms with Crippen LogP contribution < -0.4 is 9.47 Å². The number of methoxy groups -OCH3 is 1. The molecular formula is C16H12BrNO3. The Kier molecular flexibility index (Phi) is 4.96. The van der Waals surface area contributed by atoms with Gasteiger partial charge >= 0.3 is 0 Å². The molecule has 0 fully saturated rings. The smallest absolute Gasteiger partial charge is 0.150 e. The van der Waals surface area contributed by atoms with Crippen LogP contribution in [0.2, 0.25) is 0 Å². The number of nitriles is 1. The zero-order valence-corrected chi connectivity index (χ0v) is 12.9. The van der Waals surface area contributed by atoms with Crippen molar-refractivity contribution in [2.24, 2.45) is 0 Å². The molecule has 0 unspecified atom stereocenters. The van der Waals surface area contributed by atoms with Gasteiger partial charge in [0.2, 0.25) is 0 Å². The average molecular weight is 346 g/mol. The van der Waals surface area contributed by atoms with Crippen molar-refractivity contribution in [3.05, 3.63) is 57.6 Å². The quantitative estimate of drug-likeness (QED) is 0.775. The van der Waals surface area contributed by atoms with Crippen molar-refractivity contribution in [3.8, 4) is 17.6 Å². The lowest BCUT2D eigenvalue weighted by molar-refractivity contribution is 0.112. The van der Waals surface area contributed by atoms with E-state index in [2.05, 4.69) is 22.0 Å². The number of aldehydes is 1. The first-order valence-electron chi connectivity index (χ1n) is 6.12. The molecule has 21 heavy (non-hydrogen) atoms. The maximum Gasteiger partial charge on any atom is 0.150 e. The maximum atomic E-state index is 10.7. The summed E-state index contributed by atoms with van der Waals surface area (Å²) in [4.78, 5) is 10.7. The largest absolute Gasteiger partial charge is 0.495 e. The van der Waals surface area contributed by atoms with Gasteiger partial charge in [-0.3, -0.25) is 4.79 Å². The minimum absolute atomic E-state index is 0.317. The molecule has 0 aromatic heterocycles. The van der Waals surface area contributed by atoms with Crippen LogP contribution in [0.5, 0.6) is 11.5 Å². The Morgan fingerprint density at radius 3 is 2.62 bits per heavy atom. The highest BCUT2D eigenvalue weighted by molar-refractivity contribution is 9.10. The lowest BCUT2D eigenvalue weighted by atomic mass is 10.1. The normalized spacial score (nSPS) is 9.76. The molecule has 0 radical (unpaired) electrons. The average Bonchev–Trinajstić information content (AvgIpc) is 2.53. The monoisotopic (exact) mass is 345 g/mol. The van der Waals surface area contributed by atoms with Gasteiger partial charge in [-0.15, -0.1) is 0 Å². The highest BCUT2D eigenvalue weighted by Gasteiger charge is 2.06. The van der Waals surface area contributed by atoms with Crippen LogP contribution in [0.1, 0.15) is 21.5 Å². The molecule has 0 atom stereocenters. The SMILES string of the molecule is COc1ccc(COc2ccc(C=O)cc2Br)cc1C#N. The highest BCUT2D eigenvalue weighted by atomic mass is 79.9. The molecule has 2 aromatic carbocycles. The third-order valence-electron chi connectivity index (χ3n) is 2.87. The first-order chi connectivity index (χ1) is 10.2. The Labute approximate surface area is 131 Å². The van der Waals surface area contributed by atoms with Gasteiger partial charge < -0.3 is 9.47 Å². The fourth-order valence-electron chi connectivity index (χ4n) is 1.80. The van der Waals surface area contributed by atoms with Crippen LogP contribution in [0.15, 0.2) is 40.9 Å². The van der Waals surface area contributed by atoms with Gasteiger partial charge in [-0.2, -0.15) is 5.26 Å². The summed E-state index contributed by atoms with van der Waals surface area (Å²) in [6.07, 6.45) is 0.775. The number of nitrogens with zero attached hydrogens (tertiary/aromatic N) is 1. The van der Waals surface area contributed by atoms with Gasteiger partial charge in [-0.1, -0.05) is 6.07 Å². The summed E-state index contributed by atoms with van der Waals surface area (Å²) < 4.78 is 11.5. The van der Waals surface area contributed by atoms with Gasteiger partial charge in [0, 0.05) is 5.56 Å². The van der Waals surface area contributed by atoms with E-state index in [4.69, 9.17) is 14.7 Å². The van der Waals surface area contributed by atoms with Crippen LogP contribution >= 0.6 is 15.9 Å². The summed E-state index contributed by atoms with van der Waals surface area (Å²) in [6, 6.07) is 12.5. The minimum Gasteiger partial charge on any atom is -0.495 e. The van der Waals surface area contributed by atoms with E-state index in [1.165, 1.54) is 7.11 Å². The predicted molar refractivity (Wildman–Crippen MR) is 81.6 cm³/mol. The van der Waals surface area contributed by atoms with Gasteiger partial charge in [0.1, 0.15) is 30.5 Å². The Morgan fingerprint density at radius 1 is 1.24 bits per heavy atom. The van der Waals surface area contributed by atoms with Crippen molar-refractivity contribution in [2.45, 2.75) is 6.61 Å². The molecule has 0 saturated heterocycles. The predicted octanol–water partition coefficient (Wildman–Crippen LogP) is 3.72. The molecular weight excluding hydrogens is 334 g/mol. The minimum atomic E-state index is 0.317. The number of benzene rings is 2. The van der Waals surface area contributed by atoms with Crippen molar-refractivity contribution in [3.63, 3.8) is 0 Å². The van der Waals surface area contributed by atoms with Crippen molar-refractivity contribution in [2.75, 3.05) is 7.11 Å². The van der Waals surface area contributed by atoms with Crippen molar-refractivity contribution in [1.82, 2.24) is 0 Å². The second-order valence-corrected chi connectivity index (χ2v) is 5.10. The van der Waals surface area contributed by atoms with Crippen LogP contribution in [0.25, 0.3) is 0 Å². The summed E-state index contributed by atoms with van der Waals surface area (Å²) in [5.41, 5.74) is 1.90. The number of rotatable bonds is 5. The van der Waals surface area contributed by atoms with Crippen LogP contribution in [0, 0.1) is 11.3 Å². The molecule has 0 N–H and O–H groups in total. The molecule has 0 aliphatic rings. The summed E-state index contributed by atoms with van der Waals surface area (Å²) in [5.74, 6) is 1.17. The molecule has 2 aromatic rings.